The van der Waals surface area contributed by atoms with Crippen LogP contribution in [0.15, 0.2) is 37.1 Å². The Bertz CT molecular complexity index is 718. The van der Waals surface area contributed by atoms with Crippen LogP contribution in [0.25, 0.3) is 0 Å². The van der Waals surface area contributed by atoms with Gasteiger partial charge in [-0.15, -0.1) is 0 Å². The highest BCUT2D eigenvalue weighted by Gasteiger charge is 2.33. The highest BCUT2D eigenvalue weighted by atomic mass is 16.2. The first-order valence-corrected chi connectivity index (χ1v) is 8.75. The van der Waals surface area contributed by atoms with Crippen LogP contribution in [0.3, 0.4) is 0 Å². The highest BCUT2D eigenvalue weighted by Crippen LogP contribution is 2.28. The summed E-state index contributed by atoms with van der Waals surface area (Å²) in [6, 6.07) is 4.14. The number of nitrogens with zero attached hydrogens (tertiary/aromatic N) is 4. The molecular weight excluding hydrogens is 300 g/mol. The number of likely N-dealkylation sites (tertiary alicyclic amines) is 1. The number of hydrogen-bond acceptors (Lipinski definition) is 4. The maximum absolute atomic E-state index is 12.9. The van der Waals surface area contributed by atoms with Gasteiger partial charge in [-0.05, 0) is 61.3 Å². The Labute approximate surface area is 142 Å². The van der Waals surface area contributed by atoms with Crippen molar-refractivity contribution in [2.75, 3.05) is 13.1 Å². The van der Waals surface area contributed by atoms with E-state index in [9.17, 15) is 4.79 Å². The first-order chi connectivity index (χ1) is 11.8. The summed E-state index contributed by atoms with van der Waals surface area (Å²) in [6.45, 7) is 1.78. The van der Waals surface area contributed by atoms with Gasteiger partial charge in [0.1, 0.15) is 6.33 Å². The normalized spacial score (nSPS) is 23.1. The summed E-state index contributed by atoms with van der Waals surface area (Å²) in [5, 5.41) is 0. The standard InChI is InChI=1S/C19H22N4O/c24-19(16-1-2-18-17(10-16)11-21-13-22-18)23-8-5-15(12-23)9-14-3-6-20-7-4-14/h3-4,6-7,11,13,15-16H,1-2,5,8-10,12H2. The molecule has 3 heterocycles. The Hall–Kier alpha value is -2.30. The molecule has 124 valence electrons. The summed E-state index contributed by atoms with van der Waals surface area (Å²) in [5.74, 6) is 0.987. The molecule has 5 nitrogen and oxygen atoms in total. The fraction of sp³-hybridized carbons (Fsp3) is 0.474. The number of carbonyl (C=O) groups excluding carboxylic acids is 1. The Morgan fingerprint density at radius 3 is 2.96 bits per heavy atom. The SMILES string of the molecule is O=C(C1CCc2ncncc2C1)N1CCC(Cc2ccncc2)C1. The first kappa shape index (κ1) is 15.2. The first-order valence-electron chi connectivity index (χ1n) is 8.75. The zero-order chi connectivity index (χ0) is 16.4. The van der Waals surface area contributed by atoms with Crippen LogP contribution in [0.2, 0.25) is 0 Å². The average Bonchev–Trinajstić information content (AvgIpc) is 3.10. The highest BCUT2D eigenvalue weighted by molar-refractivity contribution is 5.79. The minimum atomic E-state index is 0.100. The minimum Gasteiger partial charge on any atom is -0.342 e. The van der Waals surface area contributed by atoms with Crippen LogP contribution >= 0.6 is 0 Å². The van der Waals surface area contributed by atoms with E-state index in [1.54, 1.807) is 6.33 Å². The fourth-order valence-corrected chi connectivity index (χ4v) is 3.98. The van der Waals surface area contributed by atoms with Crippen molar-refractivity contribution in [2.45, 2.75) is 32.1 Å². The van der Waals surface area contributed by atoms with Crippen molar-refractivity contribution in [3.05, 3.63) is 53.9 Å². The molecule has 2 unspecified atom stereocenters. The molecular formula is C19H22N4O. The van der Waals surface area contributed by atoms with E-state index >= 15 is 0 Å². The summed E-state index contributed by atoms with van der Waals surface area (Å²) in [7, 11) is 0. The van der Waals surface area contributed by atoms with E-state index in [0.717, 1.165) is 56.5 Å². The zero-order valence-electron chi connectivity index (χ0n) is 13.8. The van der Waals surface area contributed by atoms with Crippen molar-refractivity contribution in [1.82, 2.24) is 19.9 Å². The van der Waals surface area contributed by atoms with Gasteiger partial charge in [-0.3, -0.25) is 9.78 Å². The van der Waals surface area contributed by atoms with Gasteiger partial charge in [0.2, 0.25) is 5.91 Å². The van der Waals surface area contributed by atoms with E-state index in [1.807, 2.05) is 18.6 Å². The third-order valence-electron chi connectivity index (χ3n) is 5.30. The third-order valence-corrected chi connectivity index (χ3v) is 5.30. The Balaban J connectivity index is 1.36. The fourth-order valence-electron chi connectivity index (χ4n) is 3.98. The molecule has 0 aromatic carbocycles. The number of aryl methyl sites for hydroxylation is 1. The van der Waals surface area contributed by atoms with E-state index in [-0.39, 0.29) is 5.92 Å². The van der Waals surface area contributed by atoms with Crippen LogP contribution in [0.5, 0.6) is 0 Å². The Kier molecular flexibility index (Phi) is 4.24. The predicted molar refractivity (Wildman–Crippen MR) is 90.2 cm³/mol. The molecule has 1 fully saturated rings. The number of hydrogen-bond donors (Lipinski definition) is 0. The molecule has 1 amide bonds. The maximum atomic E-state index is 12.9. The van der Waals surface area contributed by atoms with Gasteiger partial charge in [0.05, 0.1) is 0 Å². The van der Waals surface area contributed by atoms with Gasteiger partial charge in [-0.25, -0.2) is 9.97 Å². The van der Waals surface area contributed by atoms with Gasteiger partial charge in [0, 0.05) is 43.3 Å². The van der Waals surface area contributed by atoms with E-state index in [1.165, 1.54) is 5.56 Å². The van der Waals surface area contributed by atoms with E-state index < -0.39 is 0 Å². The lowest BCUT2D eigenvalue weighted by Gasteiger charge is -2.27. The number of aromatic nitrogens is 3. The van der Waals surface area contributed by atoms with Crippen LogP contribution in [-0.2, 0) is 24.1 Å². The molecule has 1 saturated heterocycles. The van der Waals surface area contributed by atoms with Crippen LogP contribution in [0.4, 0.5) is 0 Å². The molecule has 0 bridgehead atoms. The maximum Gasteiger partial charge on any atom is 0.226 e. The topological polar surface area (TPSA) is 59.0 Å². The second-order valence-electron chi connectivity index (χ2n) is 6.93. The number of amides is 1. The quantitative estimate of drug-likeness (QED) is 0.868. The summed E-state index contributed by atoms with van der Waals surface area (Å²) >= 11 is 0. The molecule has 1 aliphatic heterocycles. The molecule has 1 aliphatic carbocycles. The van der Waals surface area contributed by atoms with Crippen molar-refractivity contribution in [3.8, 4) is 0 Å². The lowest BCUT2D eigenvalue weighted by atomic mass is 9.86. The molecule has 0 saturated carbocycles. The monoisotopic (exact) mass is 322 g/mol. The van der Waals surface area contributed by atoms with Crippen LogP contribution in [0.1, 0.15) is 29.7 Å². The number of carbonyl (C=O) groups is 1. The molecule has 0 spiro atoms. The van der Waals surface area contributed by atoms with E-state index in [4.69, 9.17) is 0 Å². The van der Waals surface area contributed by atoms with Gasteiger partial charge in [0.25, 0.3) is 0 Å². The second kappa shape index (κ2) is 6.67. The Morgan fingerprint density at radius 2 is 2.08 bits per heavy atom. The molecule has 2 aromatic heterocycles. The largest absolute Gasteiger partial charge is 0.342 e. The molecule has 4 rings (SSSR count). The van der Waals surface area contributed by atoms with Crippen molar-refractivity contribution < 1.29 is 4.79 Å². The van der Waals surface area contributed by atoms with Crippen molar-refractivity contribution in [1.29, 1.82) is 0 Å². The summed E-state index contributed by atoms with van der Waals surface area (Å²) in [5.41, 5.74) is 3.58. The van der Waals surface area contributed by atoms with E-state index in [0.29, 0.717) is 11.8 Å². The molecule has 0 N–H and O–H groups in total. The predicted octanol–water partition coefficient (Wildman–Crippen LogP) is 2.07. The lowest BCUT2D eigenvalue weighted by Crippen LogP contribution is -2.37. The summed E-state index contributed by atoms with van der Waals surface area (Å²) in [4.78, 5) is 27.5. The number of rotatable bonds is 3. The van der Waals surface area contributed by atoms with Crippen molar-refractivity contribution >= 4 is 5.91 Å². The second-order valence-corrected chi connectivity index (χ2v) is 6.93. The van der Waals surface area contributed by atoms with Crippen molar-refractivity contribution in [2.24, 2.45) is 11.8 Å². The Morgan fingerprint density at radius 1 is 1.21 bits per heavy atom. The van der Waals surface area contributed by atoms with Gasteiger partial charge in [-0.2, -0.15) is 0 Å². The third kappa shape index (κ3) is 3.16. The van der Waals surface area contributed by atoms with Crippen LogP contribution < -0.4 is 0 Å². The zero-order valence-corrected chi connectivity index (χ0v) is 13.8. The van der Waals surface area contributed by atoms with Crippen molar-refractivity contribution in [3.63, 3.8) is 0 Å². The smallest absolute Gasteiger partial charge is 0.226 e. The van der Waals surface area contributed by atoms with Gasteiger partial charge in [-0.1, -0.05) is 0 Å². The van der Waals surface area contributed by atoms with Crippen LogP contribution in [0, 0.1) is 11.8 Å². The van der Waals surface area contributed by atoms with Gasteiger partial charge >= 0.3 is 0 Å². The minimum absolute atomic E-state index is 0.100. The number of pyridine rings is 1. The molecule has 2 aromatic rings. The molecule has 2 atom stereocenters. The lowest BCUT2D eigenvalue weighted by molar-refractivity contribution is -0.135. The van der Waals surface area contributed by atoms with Gasteiger partial charge in [0.15, 0.2) is 0 Å². The molecule has 2 aliphatic rings. The average molecular weight is 322 g/mol. The summed E-state index contributed by atoms with van der Waals surface area (Å²) < 4.78 is 0. The molecule has 5 heteroatoms. The summed E-state index contributed by atoms with van der Waals surface area (Å²) in [6.07, 6.45) is 11.9. The molecule has 0 radical (unpaired) electrons. The number of fused-ring (bicyclic) bond motifs is 1. The van der Waals surface area contributed by atoms with Gasteiger partial charge < -0.3 is 4.90 Å². The van der Waals surface area contributed by atoms with E-state index in [2.05, 4.69) is 32.0 Å². The van der Waals surface area contributed by atoms with Crippen LogP contribution in [-0.4, -0.2) is 38.8 Å². The molecule has 24 heavy (non-hydrogen) atoms.